The first kappa shape index (κ1) is 14.2. The van der Waals surface area contributed by atoms with Gasteiger partial charge in [-0.25, -0.2) is 0 Å². The maximum absolute atomic E-state index is 5.93. The van der Waals surface area contributed by atoms with E-state index in [9.17, 15) is 0 Å². The fourth-order valence-corrected chi connectivity index (χ4v) is 2.77. The molecule has 0 fully saturated rings. The highest BCUT2D eigenvalue weighted by Gasteiger charge is 2.14. The third-order valence-corrected chi connectivity index (χ3v) is 3.86. The van der Waals surface area contributed by atoms with Gasteiger partial charge in [-0.2, -0.15) is 0 Å². The SMILES string of the molecule is CCOc1ccc(OC(CN)c2ccc(Cl)s2)cc1. The van der Waals surface area contributed by atoms with E-state index in [4.69, 9.17) is 26.8 Å². The Balaban J connectivity index is 2.05. The average molecular weight is 298 g/mol. The molecule has 0 aliphatic heterocycles. The lowest BCUT2D eigenvalue weighted by molar-refractivity contribution is 0.217. The van der Waals surface area contributed by atoms with Crippen molar-refractivity contribution < 1.29 is 9.47 Å². The number of nitrogens with two attached hydrogens (primary N) is 1. The molecular formula is C14H16ClNO2S. The Labute approximate surface area is 121 Å². The van der Waals surface area contributed by atoms with Crippen LogP contribution in [0.15, 0.2) is 36.4 Å². The topological polar surface area (TPSA) is 44.5 Å². The molecule has 2 rings (SSSR count). The molecule has 19 heavy (non-hydrogen) atoms. The summed E-state index contributed by atoms with van der Waals surface area (Å²) in [5.41, 5.74) is 5.75. The van der Waals surface area contributed by atoms with Crippen molar-refractivity contribution in [3.63, 3.8) is 0 Å². The first-order chi connectivity index (χ1) is 9.22. The molecule has 0 spiro atoms. The molecule has 1 unspecified atom stereocenters. The third-order valence-electron chi connectivity index (χ3n) is 2.54. The quantitative estimate of drug-likeness (QED) is 0.880. The minimum atomic E-state index is -0.171. The number of ether oxygens (including phenoxy) is 2. The number of thiophene rings is 1. The standard InChI is InChI=1S/C14H16ClNO2S/c1-2-17-10-3-5-11(6-4-10)18-12(9-16)13-7-8-14(15)19-13/h3-8,12H,2,9,16H2,1H3. The lowest BCUT2D eigenvalue weighted by atomic mass is 10.2. The van der Waals surface area contributed by atoms with Gasteiger partial charge in [0.25, 0.3) is 0 Å². The van der Waals surface area contributed by atoms with Gasteiger partial charge in [0.2, 0.25) is 0 Å². The molecular weight excluding hydrogens is 282 g/mol. The molecule has 0 amide bonds. The van der Waals surface area contributed by atoms with E-state index in [1.165, 1.54) is 11.3 Å². The fraction of sp³-hybridized carbons (Fsp3) is 0.286. The van der Waals surface area contributed by atoms with Crippen LogP contribution in [0.25, 0.3) is 0 Å². The molecule has 5 heteroatoms. The van der Waals surface area contributed by atoms with E-state index in [1.807, 2.05) is 43.3 Å². The number of hydrogen-bond acceptors (Lipinski definition) is 4. The molecule has 0 bridgehead atoms. The van der Waals surface area contributed by atoms with Crippen molar-refractivity contribution in [1.29, 1.82) is 0 Å². The van der Waals surface area contributed by atoms with Crippen LogP contribution in [0.1, 0.15) is 17.9 Å². The van der Waals surface area contributed by atoms with E-state index in [0.29, 0.717) is 13.2 Å². The zero-order chi connectivity index (χ0) is 13.7. The van der Waals surface area contributed by atoms with Crippen LogP contribution in [-0.2, 0) is 0 Å². The monoisotopic (exact) mass is 297 g/mol. The summed E-state index contributed by atoms with van der Waals surface area (Å²) in [6, 6.07) is 11.3. The Morgan fingerprint density at radius 1 is 1.16 bits per heavy atom. The second-order valence-electron chi connectivity index (χ2n) is 3.89. The third kappa shape index (κ3) is 3.86. The van der Waals surface area contributed by atoms with E-state index in [1.54, 1.807) is 0 Å². The van der Waals surface area contributed by atoms with Crippen LogP contribution in [0.5, 0.6) is 11.5 Å². The molecule has 1 aromatic heterocycles. The lowest BCUT2D eigenvalue weighted by Gasteiger charge is -2.16. The summed E-state index contributed by atoms with van der Waals surface area (Å²) < 4.78 is 12.0. The predicted molar refractivity (Wildman–Crippen MR) is 79.4 cm³/mol. The molecule has 1 aromatic carbocycles. The average Bonchev–Trinajstić information content (AvgIpc) is 2.85. The van der Waals surface area contributed by atoms with Gasteiger partial charge < -0.3 is 15.2 Å². The van der Waals surface area contributed by atoms with Crippen LogP contribution in [-0.4, -0.2) is 13.2 Å². The van der Waals surface area contributed by atoms with Crippen molar-refractivity contribution in [2.24, 2.45) is 5.73 Å². The van der Waals surface area contributed by atoms with Gasteiger partial charge in [-0.3, -0.25) is 0 Å². The van der Waals surface area contributed by atoms with Crippen molar-refractivity contribution in [2.45, 2.75) is 13.0 Å². The van der Waals surface area contributed by atoms with Gasteiger partial charge in [-0.05, 0) is 43.3 Å². The predicted octanol–water partition coefficient (Wildman–Crippen LogP) is 3.88. The normalized spacial score (nSPS) is 12.2. The Bertz CT molecular complexity index is 512. The summed E-state index contributed by atoms with van der Waals surface area (Å²) in [5, 5.41) is 0. The molecule has 0 aliphatic rings. The summed E-state index contributed by atoms with van der Waals surface area (Å²) in [6.07, 6.45) is -0.171. The second kappa shape index (κ2) is 6.80. The summed E-state index contributed by atoms with van der Waals surface area (Å²) in [5.74, 6) is 1.60. The molecule has 102 valence electrons. The minimum Gasteiger partial charge on any atom is -0.494 e. The lowest BCUT2D eigenvalue weighted by Crippen LogP contribution is -2.17. The number of hydrogen-bond donors (Lipinski definition) is 1. The van der Waals surface area contributed by atoms with Gasteiger partial charge in [0, 0.05) is 11.4 Å². The first-order valence-electron chi connectivity index (χ1n) is 6.07. The van der Waals surface area contributed by atoms with E-state index in [2.05, 4.69) is 0 Å². The van der Waals surface area contributed by atoms with Gasteiger partial charge in [0.15, 0.2) is 0 Å². The summed E-state index contributed by atoms with van der Waals surface area (Å²) in [7, 11) is 0. The summed E-state index contributed by atoms with van der Waals surface area (Å²) in [6.45, 7) is 3.01. The van der Waals surface area contributed by atoms with Crippen LogP contribution in [0, 0.1) is 0 Å². The van der Waals surface area contributed by atoms with Crippen LogP contribution < -0.4 is 15.2 Å². The van der Waals surface area contributed by atoms with Crippen LogP contribution in [0.4, 0.5) is 0 Å². The van der Waals surface area contributed by atoms with Crippen molar-refractivity contribution >= 4 is 22.9 Å². The Hall–Kier alpha value is -1.23. The van der Waals surface area contributed by atoms with Gasteiger partial charge in [0.1, 0.15) is 17.6 Å². The molecule has 1 heterocycles. The van der Waals surface area contributed by atoms with Gasteiger partial charge in [-0.1, -0.05) is 11.6 Å². The molecule has 1 atom stereocenters. The molecule has 0 radical (unpaired) electrons. The van der Waals surface area contributed by atoms with E-state index < -0.39 is 0 Å². The van der Waals surface area contributed by atoms with Crippen LogP contribution in [0.3, 0.4) is 0 Å². The molecule has 2 N–H and O–H groups in total. The fourth-order valence-electron chi connectivity index (χ4n) is 1.67. The van der Waals surface area contributed by atoms with Crippen molar-refractivity contribution in [2.75, 3.05) is 13.2 Å². The van der Waals surface area contributed by atoms with Crippen molar-refractivity contribution in [1.82, 2.24) is 0 Å². The van der Waals surface area contributed by atoms with Crippen molar-refractivity contribution in [3.8, 4) is 11.5 Å². The van der Waals surface area contributed by atoms with Gasteiger partial charge in [-0.15, -0.1) is 11.3 Å². The number of benzene rings is 1. The maximum atomic E-state index is 5.93. The minimum absolute atomic E-state index is 0.171. The van der Waals surface area contributed by atoms with E-state index >= 15 is 0 Å². The molecule has 2 aromatic rings. The molecule has 0 saturated carbocycles. The van der Waals surface area contributed by atoms with Gasteiger partial charge >= 0.3 is 0 Å². The van der Waals surface area contributed by atoms with Crippen LogP contribution in [0.2, 0.25) is 4.34 Å². The zero-order valence-electron chi connectivity index (χ0n) is 10.6. The summed E-state index contributed by atoms with van der Waals surface area (Å²) >= 11 is 7.41. The highest BCUT2D eigenvalue weighted by Crippen LogP contribution is 2.30. The molecule has 0 saturated heterocycles. The Morgan fingerprint density at radius 3 is 2.37 bits per heavy atom. The van der Waals surface area contributed by atoms with Crippen LogP contribution >= 0.6 is 22.9 Å². The number of halogens is 1. The Morgan fingerprint density at radius 2 is 1.84 bits per heavy atom. The summed E-state index contributed by atoms with van der Waals surface area (Å²) in [4.78, 5) is 1.03. The maximum Gasteiger partial charge on any atom is 0.145 e. The number of rotatable bonds is 6. The highest BCUT2D eigenvalue weighted by molar-refractivity contribution is 7.16. The highest BCUT2D eigenvalue weighted by atomic mass is 35.5. The van der Waals surface area contributed by atoms with E-state index in [-0.39, 0.29) is 6.10 Å². The molecule has 0 aliphatic carbocycles. The smallest absolute Gasteiger partial charge is 0.145 e. The second-order valence-corrected chi connectivity index (χ2v) is 5.64. The first-order valence-corrected chi connectivity index (χ1v) is 7.27. The Kier molecular flexibility index (Phi) is 5.07. The van der Waals surface area contributed by atoms with Crippen molar-refractivity contribution in [3.05, 3.63) is 45.6 Å². The zero-order valence-corrected chi connectivity index (χ0v) is 12.2. The van der Waals surface area contributed by atoms with E-state index in [0.717, 1.165) is 20.7 Å². The van der Waals surface area contributed by atoms with Gasteiger partial charge in [0.05, 0.1) is 10.9 Å². The molecule has 3 nitrogen and oxygen atoms in total. The largest absolute Gasteiger partial charge is 0.494 e.